The Morgan fingerprint density at radius 2 is 1.72 bits per heavy atom. The van der Waals surface area contributed by atoms with Crippen molar-refractivity contribution < 1.29 is 8.81 Å². The van der Waals surface area contributed by atoms with Gasteiger partial charge in [-0.3, -0.25) is 0 Å². The Labute approximate surface area is 172 Å². The lowest BCUT2D eigenvalue weighted by Gasteiger charge is -2.26. The first kappa shape index (κ1) is 20.1. The van der Waals surface area contributed by atoms with Gasteiger partial charge in [-0.2, -0.15) is 0 Å². The van der Waals surface area contributed by atoms with Gasteiger partial charge >= 0.3 is 5.63 Å². The van der Waals surface area contributed by atoms with Crippen LogP contribution >= 0.6 is 0 Å². The topological polar surface area (TPSA) is 30.2 Å². The van der Waals surface area contributed by atoms with Crippen LogP contribution in [-0.2, 0) is 6.42 Å². The molecule has 1 aromatic heterocycles. The number of hydrogen-bond acceptors (Lipinski definition) is 2. The lowest BCUT2D eigenvalue weighted by molar-refractivity contribution is 0.348. The van der Waals surface area contributed by atoms with E-state index in [1.54, 1.807) is 0 Å². The monoisotopic (exact) mass is 394 g/mol. The predicted octanol–water partition coefficient (Wildman–Crippen LogP) is 7.50. The molecular weight excluding hydrogens is 363 g/mol. The molecule has 0 N–H and O–H groups in total. The van der Waals surface area contributed by atoms with Crippen molar-refractivity contribution >= 4 is 21.7 Å². The average Bonchev–Trinajstić information content (AvgIpc) is 2.73. The van der Waals surface area contributed by atoms with E-state index in [0.717, 1.165) is 37.0 Å². The molecule has 4 rings (SSSR count). The maximum Gasteiger partial charge on any atom is 0.344 e. The zero-order chi connectivity index (χ0) is 20.4. The Kier molecular flexibility index (Phi) is 6.03. The van der Waals surface area contributed by atoms with Crippen molar-refractivity contribution in [1.29, 1.82) is 0 Å². The third-order valence-electron chi connectivity index (χ3n) is 6.71. The third kappa shape index (κ3) is 4.10. The van der Waals surface area contributed by atoms with Gasteiger partial charge in [0.15, 0.2) is 11.4 Å². The highest BCUT2D eigenvalue weighted by atomic mass is 19.1. The molecule has 3 aromatic rings. The van der Waals surface area contributed by atoms with Gasteiger partial charge in [0.25, 0.3) is 0 Å². The molecule has 1 fully saturated rings. The van der Waals surface area contributed by atoms with Gasteiger partial charge in [-0.05, 0) is 54.7 Å². The minimum Gasteiger partial charge on any atom is -0.419 e. The molecule has 154 valence electrons. The number of rotatable bonds is 6. The van der Waals surface area contributed by atoms with Crippen LogP contribution in [0, 0.1) is 11.7 Å². The zero-order valence-electron chi connectivity index (χ0n) is 17.6. The van der Waals surface area contributed by atoms with Crippen LogP contribution in [0.15, 0.2) is 39.5 Å². The summed E-state index contributed by atoms with van der Waals surface area (Å²) in [4.78, 5) is 12.7. The second-order valence-corrected chi connectivity index (χ2v) is 8.88. The van der Waals surface area contributed by atoms with Gasteiger partial charge in [0, 0.05) is 10.8 Å². The van der Waals surface area contributed by atoms with Crippen LogP contribution in [0.25, 0.3) is 21.7 Å². The normalized spacial score (nSPS) is 19.8. The third-order valence-corrected chi connectivity index (χ3v) is 6.71. The van der Waals surface area contributed by atoms with Gasteiger partial charge < -0.3 is 4.42 Å². The molecule has 0 aliphatic heterocycles. The number of hydrogen-bond donors (Lipinski definition) is 0. The van der Waals surface area contributed by atoms with Crippen LogP contribution in [0.2, 0.25) is 0 Å². The van der Waals surface area contributed by atoms with E-state index in [-0.39, 0.29) is 11.4 Å². The molecule has 0 radical (unpaired) electrons. The lowest BCUT2D eigenvalue weighted by atomic mass is 9.79. The fraction of sp³-hybridized carbons (Fsp3) is 0.500. The van der Waals surface area contributed by atoms with E-state index in [4.69, 9.17) is 4.42 Å². The molecule has 0 atom stereocenters. The number of fused-ring (bicyclic) bond motifs is 3. The largest absolute Gasteiger partial charge is 0.419 e. The van der Waals surface area contributed by atoms with Gasteiger partial charge in [-0.25, -0.2) is 9.18 Å². The fourth-order valence-electron chi connectivity index (χ4n) is 4.80. The van der Waals surface area contributed by atoms with E-state index in [1.807, 2.05) is 24.3 Å². The zero-order valence-corrected chi connectivity index (χ0v) is 17.6. The quantitative estimate of drug-likeness (QED) is 0.246. The van der Waals surface area contributed by atoms with E-state index >= 15 is 4.39 Å². The SMILES string of the molecule is CCCCCCc1ccc2c(oc(=O)c3cc(C4CCC(C)CC4)ccc32)c1F. The van der Waals surface area contributed by atoms with Gasteiger partial charge in [0.2, 0.25) is 0 Å². The summed E-state index contributed by atoms with van der Waals surface area (Å²) in [5, 5.41) is 2.06. The van der Waals surface area contributed by atoms with Crippen LogP contribution < -0.4 is 5.63 Å². The second-order valence-electron chi connectivity index (χ2n) is 8.88. The Bertz CT molecular complexity index is 1060. The fourth-order valence-corrected chi connectivity index (χ4v) is 4.80. The summed E-state index contributed by atoms with van der Waals surface area (Å²) >= 11 is 0. The van der Waals surface area contributed by atoms with Crippen LogP contribution in [0.4, 0.5) is 4.39 Å². The van der Waals surface area contributed by atoms with Crippen LogP contribution in [0.5, 0.6) is 0 Å². The first-order chi connectivity index (χ1) is 14.1. The van der Waals surface area contributed by atoms with Crippen molar-refractivity contribution in [2.75, 3.05) is 0 Å². The Morgan fingerprint density at radius 3 is 2.48 bits per heavy atom. The number of halogens is 1. The molecule has 0 amide bonds. The number of unbranched alkanes of at least 4 members (excludes halogenated alkanes) is 3. The van der Waals surface area contributed by atoms with E-state index in [9.17, 15) is 4.79 Å². The number of aryl methyl sites for hydroxylation is 1. The molecule has 0 spiro atoms. The first-order valence-corrected chi connectivity index (χ1v) is 11.3. The summed E-state index contributed by atoms with van der Waals surface area (Å²) in [6.45, 7) is 4.47. The smallest absolute Gasteiger partial charge is 0.344 e. The summed E-state index contributed by atoms with van der Waals surface area (Å²) < 4.78 is 20.6. The van der Waals surface area contributed by atoms with E-state index < -0.39 is 5.63 Å². The minimum atomic E-state index is -0.430. The molecule has 2 nitrogen and oxygen atoms in total. The summed E-state index contributed by atoms with van der Waals surface area (Å²) in [6.07, 6.45) is 9.87. The molecule has 0 bridgehead atoms. The molecular formula is C26H31FO2. The standard InChI is InChI=1S/C26H31FO2/c1-3-4-5-6-7-19-12-15-22-21-14-13-20(18-10-8-17(2)9-11-18)16-23(21)26(28)29-25(22)24(19)27/h12-18H,3-11H2,1-2H3. The predicted molar refractivity (Wildman–Crippen MR) is 118 cm³/mol. The maximum atomic E-state index is 15.1. The molecule has 1 saturated carbocycles. The Balaban J connectivity index is 1.70. The van der Waals surface area contributed by atoms with Crippen molar-refractivity contribution in [2.45, 2.75) is 77.6 Å². The van der Waals surface area contributed by atoms with Crippen molar-refractivity contribution in [3.63, 3.8) is 0 Å². The molecule has 3 heteroatoms. The highest BCUT2D eigenvalue weighted by molar-refractivity contribution is 6.04. The second kappa shape index (κ2) is 8.69. The van der Waals surface area contributed by atoms with Crippen LogP contribution in [-0.4, -0.2) is 0 Å². The Hall–Kier alpha value is -2.16. The van der Waals surface area contributed by atoms with Crippen LogP contribution in [0.1, 0.15) is 82.3 Å². The van der Waals surface area contributed by atoms with Crippen molar-refractivity contribution in [2.24, 2.45) is 5.92 Å². The Morgan fingerprint density at radius 1 is 0.966 bits per heavy atom. The number of benzene rings is 2. The molecule has 1 heterocycles. The van der Waals surface area contributed by atoms with Gasteiger partial charge in [-0.15, -0.1) is 0 Å². The molecule has 0 saturated heterocycles. The molecule has 29 heavy (non-hydrogen) atoms. The molecule has 1 aliphatic rings. The minimum absolute atomic E-state index is 0.106. The van der Waals surface area contributed by atoms with E-state index in [1.165, 1.54) is 31.2 Å². The van der Waals surface area contributed by atoms with Gasteiger partial charge in [0.05, 0.1) is 5.39 Å². The van der Waals surface area contributed by atoms with E-state index in [2.05, 4.69) is 19.9 Å². The van der Waals surface area contributed by atoms with Gasteiger partial charge in [0.1, 0.15) is 0 Å². The first-order valence-electron chi connectivity index (χ1n) is 11.3. The summed E-state index contributed by atoms with van der Waals surface area (Å²) in [5.74, 6) is 0.927. The summed E-state index contributed by atoms with van der Waals surface area (Å²) in [7, 11) is 0. The van der Waals surface area contributed by atoms with Crippen molar-refractivity contribution in [3.8, 4) is 0 Å². The highest BCUT2D eigenvalue weighted by Gasteiger charge is 2.21. The highest BCUT2D eigenvalue weighted by Crippen LogP contribution is 2.37. The van der Waals surface area contributed by atoms with Gasteiger partial charge in [-0.1, -0.05) is 70.2 Å². The molecule has 0 unspecified atom stereocenters. The summed E-state index contributed by atoms with van der Waals surface area (Å²) in [6, 6.07) is 9.87. The van der Waals surface area contributed by atoms with E-state index in [0.29, 0.717) is 28.7 Å². The van der Waals surface area contributed by atoms with Crippen molar-refractivity contribution in [1.82, 2.24) is 0 Å². The lowest BCUT2D eigenvalue weighted by Crippen LogP contribution is -2.11. The van der Waals surface area contributed by atoms with Crippen molar-refractivity contribution in [3.05, 3.63) is 57.7 Å². The molecule has 2 aromatic carbocycles. The van der Waals surface area contributed by atoms with Crippen LogP contribution in [0.3, 0.4) is 0 Å². The maximum absolute atomic E-state index is 15.1. The summed E-state index contributed by atoms with van der Waals surface area (Å²) in [5.41, 5.74) is 1.53. The molecule has 1 aliphatic carbocycles. The average molecular weight is 395 g/mol.